The molecule has 1 saturated heterocycles. The Hall–Kier alpha value is -1.84. The predicted molar refractivity (Wildman–Crippen MR) is 97.1 cm³/mol. The first-order chi connectivity index (χ1) is 11.8. The third kappa shape index (κ3) is 4.83. The predicted octanol–water partition coefficient (Wildman–Crippen LogP) is 4.66. The van der Waals surface area contributed by atoms with Crippen molar-refractivity contribution in [3.8, 4) is 5.75 Å². The second kappa shape index (κ2) is 8.86. The number of likely N-dealkylation sites (tertiary alicyclic amines) is 1. The minimum absolute atomic E-state index is 0.374. The Morgan fingerprint density at radius 2 is 1.50 bits per heavy atom. The standard InChI is InChI=1S/C21H27NO2/c1-18(22-15-9-4-10-16-22)17-23-21(19-11-5-2-6-12-19)24-20-13-7-3-8-14-20/h2-3,5-8,11-14,18,21H,4,9-10,15-17H2,1H3. The summed E-state index contributed by atoms with van der Waals surface area (Å²) in [5.41, 5.74) is 1.05. The topological polar surface area (TPSA) is 21.7 Å². The summed E-state index contributed by atoms with van der Waals surface area (Å²) in [6.07, 6.45) is 3.58. The number of ether oxygens (including phenoxy) is 2. The third-order valence-electron chi connectivity index (χ3n) is 4.56. The second-order valence-corrected chi connectivity index (χ2v) is 6.45. The Labute approximate surface area is 145 Å². The highest BCUT2D eigenvalue weighted by molar-refractivity contribution is 5.23. The number of hydrogen-bond donors (Lipinski definition) is 0. The monoisotopic (exact) mass is 325 g/mol. The quantitative estimate of drug-likeness (QED) is 0.691. The molecule has 0 aromatic heterocycles. The summed E-state index contributed by atoms with van der Waals surface area (Å²) in [5.74, 6) is 0.831. The molecule has 2 aromatic rings. The van der Waals surface area contributed by atoms with Crippen molar-refractivity contribution in [1.82, 2.24) is 4.90 Å². The zero-order valence-corrected chi connectivity index (χ0v) is 14.4. The Kier molecular flexibility index (Phi) is 6.27. The van der Waals surface area contributed by atoms with Crippen LogP contribution in [0.25, 0.3) is 0 Å². The lowest BCUT2D eigenvalue weighted by atomic mass is 10.1. The van der Waals surface area contributed by atoms with Gasteiger partial charge in [-0.25, -0.2) is 0 Å². The SMILES string of the molecule is CC(COC(Oc1ccccc1)c1ccccc1)N1CCCCC1. The van der Waals surface area contributed by atoms with Gasteiger partial charge in [-0.1, -0.05) is 55.0 Å². The van der Waals surface area contributed by atoms with E-state index in [1.54, 1.807) is 0 Å². The fourth-order valence-electron chi connectivity index (χ4n) is 3.12. The first-order valence-corrected chi connectivity index (χ1v) is 8.95. The van der Waals surface area contributed by atoms with Crippen LogP contribution in [0.4, 0.5) is 0 Å². The van der Waals surface area contributed by atoms with E-state index in [9.17, 15) is 0 Å². The van der Waals surface area contributed by atoms with Crippen molar-refractivity contribution in [1.29, 1.82) is 0 Å². The molecular weight excluding hydrogens is 298 g/mol. The van der Waals surface area contributed by atoms with Crippen LogP contribution in [-0.2, 0) is 4.74 Å². The molecule has 0 bridgehead atoms. The highest BCUT2D eigenvalue weighted by Crippen LogP contribution is 2.24. The van der Waals surface area contributed by atoms with Crippen LogP contribution < -0.4 is 4.74 Å². The lowest BCUT2D eigenvalue weighted by Gasteiger charge is -2.33. The average Bonchev–Trinajstić information content (AvgIpc) is 2.67. The molecule has 1 aliphatic heterocycles. The molecule has 2 aromatic carbocycles. The van der Waals surface area contributed by atoms with Gasteiger partial charge in [-0.3, -0.25) is 4.90 Å². The van der Waals surface area contributed by atoms with Gasteiger partial charge in [0.15, 0.2) is 0 Å². The van der Waals surface area contributed by atoms with Crippen LogP contribution in [0.3, 0.4) is 0 Å². The normalized spacial score (nSPS) is 18.0. The van der Waals surface area contributed by atoms with Crippen LogP contribution in [0.1, 0.15) is 38.0 Å². The number of benzene rings is 2. The molecule has 2 atom stereocenters. The lowest BCUT2D eigenvalue weighted by Crippen LogP contribution is -2.40. The molecule has 0 amide bonds. The molecule has 0 aliphatic carbocycles. The first kappa shape index (κ1) is 17.0. The summed E-state index contributed by atoms with van der Waals surface area (Å²) in [5, 5.41) is 0. The molecule has 3 heteroatoms. The van der Waals surface area contributed by atoms with E-state index < -0.39 is 0 Å². The maximum absolute atomic E-state index is 6.18. The molecule has 0 saturated carbocycles. The first-order valence-electron chi connectivity index (χ1n) is 8.95. The maximum atomic E-state index is 6.18. The summed E-state index contributed by atoms with van der Waals surface area (Å²) >= 11 is 0. The van der Waals surface area contributed by atoms with E-state index in [4.69, 9.17) is 9.47 Å². The van der Waals surface area contributed by atoms with Gasteiger partial charge in [-0.2, -0.15) is 0 Å². The molecule has 1 fully saturated rings. The molecule has 128 valence electrons. The molecular formula is C21H27NO2. The van der Waals surface area contributed by atoms with Gasteiger partial charge in [-0.15, -0.1) is 0 Å². The molecule has 0 N–H and O–H groups in total. The Bertz CT molecular complexity index is 581. The van der Waals surface area contributed by atoms with Gasteiger partial charge in [-0.05, 0) is 45.0 Å². The second-order valence-electron chi connectivity index (χ2n) is 6.45. The van der Waals surface area contributed by atoms with Crippen LogP contribution >= 0.6 is 0 Å². The number of piperidine rings is 1. The summed E-state index contributed by atoms with van der Waals surface area (Å²) in [6, 6.07) is 20.5. The number of rotatable bonds is 7. The molecule has 1 heterocycles. The van der Waals surface area contributed by atoms with E-state index in [1.807, 2.05) is 48.5 Å². The fourth-order valence-corrected chi connectivity index (χ4v) is 3.12. The van der Waals surface area contributed by atoms with Crippen molar-refractivity contribution in [3.05, 3.63) is 66.2 Å². The van der Waals surface area contributed by atoms with E-state index in [2.05, 4.69) is 24.0 Å². The molecule has 1 aliphatic rings. The van der Waals surface area contributed by atoms with Crippen molar-refractivity contribution in [3.63, 3.8) is 0 Å². The maximum Gasteiger partial charge on any atom is 0.226 e. The van der Waals surface area contributed by atoms with E-state index >= 15 is 0 Å². The van der Waals surface area contributed by atoms with Crippen molar-refractivity contribution in [2.75, 3.05) is 19.7 Å². The average molecular weight is 325 g/mol. The van der Waals surface area contributed by atoms with Gasteiger partial charge in [0.1, 0.15) is 5.75 Å². The van der Waals surface area contributed by atoms with Crippen molar-refractivity contribution in [2.45, 2.75) is 38.5 Å². The largest absolute Gasteiger partial charge is 0.461 e. The van der Waals surface area contributed by atoms with Crippen LogP contribution in [0, 0.1) is 0 Å². The fraction of sp³-hybridized carbons (Fsp3) is 0.429. The van der Waals surface area contributed by atoms with Gasteiger partial charge in [0, 0.05) is 11.6 Å². The van der Waals surface area contributed by atoms with E-state index in [1.165, 1.54) is 32.4 Å². The molecule has 3 rings (SSSR count). The van der Waals surface area contributed by atoms with Crippen LogP contribution in [0.5, 0.6) is 5.75 Å². The molecule has 2 unspecified atom stereocenters. The summed E-state index contributed by atoms with van der Waals surface area (Å²) < 4.78 is 12.3. The zero-order chi connectivity index (χ0) is 16.6. The minimum Gasteiger partial charge on any atom is -0.461 e. The van der Waals surface area contributed by atoms with E-state index in [0.717, 1.165) is 11.3 Å². The van der Waals surface area contributed by atoms with E-state index in [-0.39, 0.29) is 6.29 Å². The summed E-state index contributed by atoms with van der Waals surface area (Å²) in [6.45, 7) is 5.28. The zero-order valence-electron chi connectivity index (χ0n) is 14.4. The third-order valence-corrected chi connectivity index (χ3v) is 4.56. The minimum atomic E-state index is -0.374. The molecule has 0 spiro atoms. The van der Waals surface area contributed by atoms with Crippen molar-refractivity contribution >= 4 is 0 Å². The van der Waals surface area contributed by atoms with Crippen LogP contribution in [-0.4, -0.2) is 30.6 Å². The molecule has 0 radical (unpaired) electrons. The highest BCUT2D eigenvalue weighted by Gasteiger charge is 2.20. The van der Waals surface area contributed by atoms with Crippen molar-refractivity contribution < 1.29 is 9.47 Å². The van der Waals surface area contributed by atoms with Crippen molar-refractivity contribution in [2.24, 2.45) is 0 Å². The Balaban J connectivity index is 1.63. The number of para-hydroxylation sites is 1. The number of hydrogen-bond acceptors (Lipinski definition) is 3. The summed E-state index contributed by atoms with van der Waals surface area (Å²) in [7, 11) is 0. The molecule has 3 nitrogen and oxygen atoms in total. The molecule has 24 heavy (non-hydrogen) atoms. The smallest absolute Gasteiger partial charge is 0.226 e. The number of nitrogens with zero attached hydrogens (tertiary/aromatic N) is 1. The van der Waals surface area contributed by atoms with Gasteiger partial charge >= 0.3 is 0 Å². The highest BCUT2D eigenvalue weighted by atomic mass is 16.7. The Morgan fingerprint density at radius 3 is 2.17 bits per heavy atom. The van der Waals surface area contributed by atoms with Gasteiger partial charge < -0.3 is 9.47 Å². The van der Waals surface area contributed by atoms with Crippen LogP contribution in [0.15, 0.2) is 60.7 Å². The Morgan fingerprint density at radius 1 is 0.875 bits per heavy atom. The lowest BCUT2D eigenvalue weighted by molar-refractivity contribution is -0.0996. The van der Waals surface area contributed by atoms with Crippen LogP contribution in [0.2, 0.25) is 0 Å². The summed E-state index contributed by atoms with van der Waals surface area (Å²) in [4.78, 5) is 2.52. The van der Waals surface area contributed by atoms with Gasteiger partial charge in [0.25, 0.3) is 0 Å². The van der Waals surface area contributed by atoms with E-state index in [0.29, 0.717) is 12.6 Å². The van der Waals surface area contributed by atoms with Gasteiger partial charge in [0.2, 0.25) is 6.29 Å². The van der Waals surface area contributed by atoms with Gasteiger partial charge in [0.05, 0.1) is 6.61 Å².